The normalized spacial score (nSPS) is 11.5. The van der Waals surface area contributed by atoms with Crippen LogP contribution in [0.3, 0.4) is 0 Å². The average Bonchev–Trinajstić information content (AvgIpc) is 3.58. The lowest BCUT2D eigenvalue weighted by molar-refractivity contribution is 0.102. The maximum Gasteiger partial charge on any atom is 0.169 e. The number of fused-ring (bicyclic) bond motifs is 2. The van der Waals surface area contributed by atoms with Gasteiger partial charge in [0.15, 0.2) is 17.3 Å². The third kappa shape index (κ3) is 2.84. The zero-order chi connectivity index (χ0) is 20.9. The molecule has 6 heterocycles. The Morgan fingerprint density at radius 3 is 2.71 bits per heavy atom. The Morgan fingerprint density at radius 1 is 1.00 bits per heavy atom. The fourth-order valence-electron chi connectivity index (χ4n) is 3.50. The van der Waals surface area contributed by atoms with Crippen LogP contribution in [0.1, 0.15) is 16.6 Å². The van der Waals surface area contributed by atoms with Crippen LogP contribution in [0.4, 0.5) is 0 Å². The van der Waals surface area contributed by atoms with Gasteiger partial charge >= 0.3 is 0 Å². The number of imidazole rings is 1. The monoisotopic (exact) mass is 426 g/mol. The summed E-state index contributed by atoms with van der Waals surface area (Å²) >= 11 is 1.41. The molecule has 0 radical (unpaired) electrons. The molecule has 0 aliphatic rings. The summed E-state index contributed by atoms with van der Waals surface area (Å²) in [7, 11) is 0. The first-order chi connectivity index (χ1) is 15.2. The zero-order valence-electron chi connectivity index (χ0n) is 16.2. The fourth-order valence-corrected chi connectivity index (χ4v) is 4.40. The van der Waals surface area contributed by atoms with Crippen molar-refractivity contribution in [3.8, 4) is 33.3 Å². The van der Waals surface area contributed by atoms with Crippen molar-refractivity contribution in [1.29, 1.82) is 0 Å². The lowest BCUT2D eigenvalue weighted by Crippen LogP contribution is -1.86. The molecule has 0 aromatic carbocycles. The summed E-state index contributed by atoms with van der Waals surface area (Å²) in [6, 6.07) is 9.44. The minimum absolute atomic E-state index is 0.0358. The number of H-pyrrole nitrogens is 3. The summed E-state index contributed by atoms with van der Waals surface area (Å²) in [5.74, 6) is 0.629. The number of ketones is 1. The van der Waals surface area contributed by atoms with Crippen LogP contribution in [0, 0.1) is 0 Å². The van der Waals surface area contributed by atoms with Crippen LogP contribution in [0.2, 0.25) is 0 Å². The van der Waals surface area contributed by atoms with Crippen LogP contribution in [0.15, 0.2) is 48.9 Å². The molecule has 9 nitrogen and oxygen atoms in total. The van der Waals surface area contributed by atoms with E-state index in [2.05, 4.69) is 30.4 Å². The van der Waals surface area contributed by atoms with Gasteiger partial charge in [-0.25, -0.2) is 9.97 Å². The highest BCUT2D eigenvalue weighted by Gasteiger charge is 2.18. The fraction of sp³-hybridized carbons (Fsp3) is 0.0476. The van der Waals surface area contributed by atoms with Crippen molar-refractivity contribution >= 4 is 39.2 Å². The van der Waals surface area contributed by atoms with Crippen molar-refractivity contribution in [2.24, 2.45) is 0 Å². The van der Waals surface area contributed by atoms with E-state index in [0.717, 1.165) is 38.4 Å². The minimum Gasteiger partial charge on any atom is -0.336 e. The number of nitrogens with zero attached hydrogens (tertiary/aromatic N) is 5. The quantitative estimate of drug-likeness (QED) is 0.362. The lowest BCUT2D eigenvalue weighted by Gasteiger charge is -1.97. The number of hydrogen-bond acceptors (Lipinski definition) is 7. The number of carbonyl (C=O) groups excluding carboxylic acids is 1. The molecule has 6 aromatic rings. The number of nitrogens with one attached hydrogen (secondary N) is 3. The molecule has 0 amide bonds. The summed E-state index contributed by atoms with van der Waals surface area (Å²) in [6.45, 7) is 1.56. The van der Waals surface area contributed by atoms with E-state index in [1.54, 1.807) is 25.5 Å². The van der Waals surface area contributed by atoms with Crippen molar-refractivity contribution in [3.63, 3.8) is 0 Å². The number of aromatic amines is 3. The summed E-state index contributed by atoms with van der Waals surface area (Å²) in [5.41, 5.74) is 6.11. The Kier molecular flexibility index (Phi) is 3.80. The molecule has 0 bridgehead atoms. The first-order valence-electron chi connectivity index (χ1n) is 9.48. The molecule has 0 spiro atoms. The van der Waals surface area contributed by atoms with Crippen molar-refractivity contribution < 1.29 is 4.79 Å². The summed E-state index contributed by atoms with van der Waals surface area (Å²) in [4.78, 5) is 30.7. The van der Waals surface area contributed by atoms with E-state index in [0.29, 0.717) is 21.9 Å². The van der Waals surface area contributed by atoms with Gasteiger partial charge in [-0.15, -0.1) is 11.3 Å². The molecule has 0 fully saturated rings. The third-order valence-corrected chi connectivity index (χ3v) is 6.21. The Labute approximate surface area is 178 Å². The SMILES string of the molecule is CC(=O)c1ccc(-c2nccc3[nH]c(-c4n[nH]c5ccc(-c6cn[nH]c6)nc45)nc23)s1. The standard InChI is InChI=1S/C21H14N8OS/c1-10(30)15-4-5-16(31-15)19-17-13(6-7-22-19)26-21(27-17)20-18-14(28-29-20)3-2-12(25-18)11-8-23-24-9-11/h2-9H,1H3,(H,23,24)(H,26,27)(H,28,29). The van der Waals surface area contributed by atoms with Gasteiger partial charge in [-0.1, -0.05) is 0 Å². The zero-order valence-corrected chi connectivity index (χ0v) is 17.0. The number of pyridine rings is 2. The van der Waals surface area contributed by atoms with Gasteiger partial charge in [-0.05, 0) is 37.3 Å². The molecule has 0 unspecified atom stereocenters. The van der Waals surface area contributed by atoms with E-state index in [9.17, 15) is 4.79 Å². The number of aromatic nitrogens is 8. The molecule has 0 aliphatic carbocycles. The average molecular weight is 426 g/mol. The highest BCUT2D eigenvalue weighted by atomic mass is 32.1. The molecule has 0 saturated carbocycles. The van der Waals surface area contributed by atoms with E-state index >= 15 is 0 Å². The highest BCUT2D eigenvalue weighted by molar-refractivity contribution is 7.17. The van der Waals surface area contributed by atoms with Crippen LogP contribution in [-0.4, -0.2) is 46.1 Å². The van der Waals surface area contributed by atoms with E-state index in [1.807, 2.05) is 30.3 Å². The van der Waals surface area contributed by atoms with Crippen LogP contribution >= 0.6 is 11.3 Å². The topological polar surface area (TPSA) is 129 Å². The van der Waals surface area contributed by atoms with Crippen molar-refractivity contribution in [2.75, 3.05) is 0 Å². The van der Waals surface area contributed by atoms with Crippen molar-refractivity contribution in [3.05, 3.63) is 53.8 Å². The Bertz CT molecular complexity index is 1570. The summed E-state index contributed by atoms with van der Waals surface area (Å²) in [5, 5.41) is 14.3. The molecular formula is C21H14N8OS. The van der Waals surface area contributed by atoms with E-state index in [4.69, 9.17) is 9.97 Å². The maximum atomic E-state index is 11.7. The largest absolute Gasteiger partial charge is 0.336 e. The molecule has 0 aliphatic heterocycles. The summed E-state index contributed by atoms with van der Waals surface area (Å²) in [6.07, 6.45) is 5.25. The maximum absolute atomic E-state index is 11.7. The predicted molar refractivity (Wildman–Crippen MR) is 118 cm³/mol. The second kappa shape index (κ2) is 6.67. The molecule has 3 N–H and O–H groups in total. The van der Waals surface area contributed by atoms with Gasteiger partial charge in [-0.3, -0.25) is 20.0 Å². The highest BCUT2D eigenvalue weighted by Crippen LogP contribution is 2.33. The van der Waals surface area contributed by atoms with Gasteiger partial charge in [0.25, 0.3) is 0 Å². The molecule has 31 heavy (non-hydrogen) atoms. The van der Waals surface area contributed by atoms with Crippen molar-refractivity contribution in [1.82, 2.24) is 40.3 Å². The Morgan fingerprint density at radius 2 is 1.90 bits per heavy atom. The van der Waals surface area contributed by atoms with Crippen LogP contribution in [0.5, 0.6) is 0 Å². The van der Waals surface area contributed by atoms with Crippen LogP contribution in [0.25, 0.3) is 55.4 Å². The number of thiophene rings is 1. The van der Waals surface area contributed by atoms with E-state index in [1.165, 1.54) is 11.3 Å². The van der Waals surface area contributed by atoms with Gasteiger partial charge in [0.2, 0.25) is 0 Å². The molecule has 10 heteroatoms. The van der Waals surface area contributed by atoms with Crippen LogP contribution in [-0.2, 0) is 0 Å². The first-order valence-corrected chi connectivity index (χ1v) is 10.3. The summed E-state index contributed by atoms with van der Waals surface area (Å²) < 4.78 is 0. The minimum atomic E-state index is 0.0358. The Hall–Kier alpha value is -4.18. The van der Waals surface area contributed by atoms with Gasteiger partial charge < -0.3 is 4.98 Å². The second-order valence-corrected chi connectivity index (χ2v) is 8.10. The smallest absolute Gasteiger partial charge is 0.169 e. The Balaban J connectivity index is 1.50. The number of hydrogen-bond donors (Lipinski definition) is 3. The molecule has 0 saturated heterocycles. The van der Waals surface area contributed by atoms with Gasteiger partial charge in [0, 0.05) is 18.0 Å². The lowest BCUT2D eigenvalue weighted by atomic mass is 10.2. The van der Waals surface area contributed by atoms with Crippen molar-refractivity contribution in [2.45, 2.75) is 6.92 Å². The molecule has 0 atom stereocenters. The van der Waals surface area contributed by atoms with Gasteiger partial charge in [-0.2, -0.15) is 10.2 Å². The molecular weight excluding hydrogens is 412 g/mol. The van der Waals surface area contributed by atoms with E-state index in [-0.39, 0.29) is 5.78 Å². The van der Waals surface area contributed by atoms with E-state index < -0.39 is 0 Å². The molecule has 6 aromatic heterocycles. The number of carbonyl (C=O) groups is 1. The first kappa shape index (κ1) is 17.7. The predicted octanol–water partition coefficient (Wildman–Crippen LogP) is 4.22. The van der Waals surface area contributed by atoms with Crippen LogP contribution < -0.4 is 0 Å². The number of rotatable bonds is 4. The third-order valence-electron chi connectivity index (χ3n) is 5.01. The van der Waals surface area contributed by atoms with Gasteiger partial charge in [0.05, 0.1) is 32.7 Å². The second-order valence-electron chi connectivity index (χ2n) is 7.01. The molecule has 150 valence electrons. The van der Waals surface area contributed by atoms with Gasteiger partial charge in [0.1, 0.15) is 16.7 Å². The number of Topliss-reactive ketones (excluding diaryl/α,β-unsaturated/α-hetero) is 1. The molecule has 6 rings (SSSR count).